The lowest BCUT2D eigenvalue weighted by Crippen LogP contribution is -2.11. The third kappa shape index (κ3) is 2.90. The summed E-state index contributed by atoms with van der Waals surface area (Å²) in [6.07, 6.45) is 6.42. The Labute approximate surface area is 122 Å². The van der Waals surface area contributed by atoms with Gasteiger partial charge in [0.1, 0.15) is 0 Å². The number of aromatic nitrogens is 2. The highest BCUT2D eigenvalue weighted by molar-refractivity contribution is 9.10. The molecular formula is C15H18BrN3. The molecule has 2 heterocycles. The van der Waals surface area contributed by atoms with Crippen LogP contribution < -0.4 is 5.32 Å². The molecule has 0 spiro atoms. The second-order valence-corrected chi connectivity index (χ2v) is 5.95. The maximum atomic E-state index is 4.31. The molecule has 0 radical (unpaired) electrons. The summed E-state index contributed by atoms with van der Waals surface area (Å²) in [5, 5.41) is 3.43. The fourth-order valence-electron chi connectivity index (χ4n) is 2.67. The molecule has 0 saturated carbocycles. The summed E-state index contributed by atoms with van der Waals surface area (Å²) in [6.45, 7) is 3.38. The van der Waals surface area contributed by atoms with Gasteiger partial charge in [0.2, 0.25) is 0 Å². The maximum Gasteiger partial charge on any atom is 0.0950 e. The van der Waals surface area contributed by atoms with Gasteiger partial charge in [-0.3, -0.25) is 0 Å². The Hall–Kier alpha value is -1.13. The predicted molar refractivity (Wildman–Crippen MR) is 81.0 cm³/mol. The van der Waals surface area contributed by atoms with Crippen molar-refractivity contribution in [2.75, 3.05) is 13.1 Å². The molecule has 0 aliphatic carbocycles. The number of rotatable bonds is 4. The summed E-state index contributed by atoms with van der Waals surface area (Å²) in [5.41, 5.74) is 2.41. The first-order chi connectivity index (χ1) is 9.34. The molecule has 0 amide bonds. The van der Waals surface area contributed by atoms with Crippen LogP contribution in [0.3, 0.4) is 0 Å². The van der Waals surface area contributed by atoms with Crippen LogP contribution in [0.5, 0.6) is 0 Å². The van der Waals surface area contributed by atoms with Crippen molar-refractivity contribution in [1.29, 1.82) is 0 Å². The van der Waals surface area contributed by atoms with Gasteiger partial charge >= 0.3 is 0 Å². The molecular weight excluding hydrogens is 302 g/mol. The minimum absolute atomic E-state index is 0.814. The van der Waals surface area contributed by atoms with Gasteiger partial charge in [0, 0.05) is 16.6 Å². The van der Waals surface area contributed by atoms with Gasteiger partial charge in [0.15, 0.2) is 0 Å². The first-order valence-corrected chi connectivity index (χ1v) is 7.59. The number of aryl methyl sites for hydroxylation is 1. The fraction of sp³-hybridized carbons (Fsp3) is 0.400. The minimum Gasteiger partial charge on any atom is -0.331 e. The number of hydrogen-bond acceptors (Lipinski definition) is 2. The van der Waals surface area contributed by atoms with E-state index in [1.165, 1.54) is 37.2 Å². The van der Waals surface area contributed by atoms with Crippen LogP contribution in [-0.2, 0) is 6.54 Å². The van der Waals surface area contributed by atoms with E-state index >= 15 is 0 Å². The van der Waals surface area contributed by atoms with Gasteiger partial charge in [0.25, 0.3) is 0 Å². The Morgan fingerprint density at radius 2 is 2.26 bits per heavy atom. The first-order valence-electron chi connectivity index (χ1n) is 6.80. The summed E-state index contributed by atoms with van der Waals surface area (Å²) < 4.78 is 3.39. The average molecular weight is 320 g/mol. The van der Waals surface area contributed by atoms with Crippen LogP contribution in [0.2, 0.25) is 0 Å². The molecule has 1 atom stereocenters. The highest BCUT2D eigenvalue weighted by atomic mass is 79.9. The molecule has 0 bridgehead atoms. The quantitative estimate of drug-likeness (QED) is 0.937. The van der Waals surface area contributed by atoms with Gasteiger partial charge in [-0.05, 0) is 37.9 Å². The van der Waals surface area contributed by atoms with Crippen molar-refractivity contribution in [2.24, 2.45) is 5.92 Å². The van der Waals surface area contributed by atoms with Crippen LogP contribution in [0, 0.1) is 5.92 Å². The van der Waals surface area contributed by atoms with Crippen LogP contribution in [0.25, 0.3) is 11.3 Å². The zero-order valence-electron chi connectivity index (χ0n) is 10.8. The van der Waals surface area contributed by atoms with Gasteiger partial charge < -0.3 is 9.88 Å². The topological polar surface area (TPSA) is 29.9 Å². The molecule has 1 unspecified atom stereocenters. The van der Waals surface area contributed by atoms with E-state index in [2.05, 4.69) is 49.0 Å². The largest absolute Gasteiger partial charge is 0.331 e. The first kappa shape index (κ1) is 12.9. The van der Waals surface area contributed by atoms with Crippen LogP contribution in [0.4, 0.5) is 0 Å². The van der Waals surface area contributed by atoms with Crippen LogP contribution in [-0.4, -0.2) is 22.6 Å². The van der Waals surface area contributed by atoms with Gasteiger partial charge in [-0.15, -0.1) is 0 Å². The minimum atomic E-state index is 0.814. The van der Waals surface area contributed by atoms with Gasteiger partial charge in [-0.25, -0.2) is 4.98 Å². The van der Waals surface area contributed by atoms with Crippen molar-refractivity contribution >= 4 is 15.9 Å². The summed E-state index contributed by atoms with van der Waals surface area (Å²) >= 11 is 3.62. The summed E-state index contributed by atoms with van der Waals surface area (Å²) in [5.74, 6) is 0.814. The molecule has 100 valence electrons. The molecule has 1 fully saturated rings. The van der Waals surface area contributed by atoms with Gasteiger partial charge in [-0.1, -0.05) is 34.1 Å². The summed E-state index contributed by atoms with van der Waals surface area (Å²) in [4.78, 5) is 4.31. The zero-order chi connectivity index (χ0) is 13.1. The number of nitrogens with zero attached hydrogens (tertiary/aromatic N) is 2. The number of nitrogens with one attached hydrogen (secondary N) is 1. The monoisotopic (exact) mass is 319 g/mol. The van der Waals surface area contributed by atoms with Crippen molar-refractivity contribution in [3.8, 4) is 11.3 Å². The van der Waals surface area contributed by atoms with E-state index in [-0.39, 0.29) is 0 Å². The molecule has 1 aromatic carbocycles. The second kappa shape index (κ2) is 5.88. The van der Waals surface area contributed by atoms with Gasteiger partial charge in [0.05, 0.1) is 18.2 Å². The Morgan fingerprint density at radius 1 is 1.37 bits per heavy atom. The van der Waals surface area contributed by atoms with Crippen molar-refractivity contribution in [2.45, 2.75) is 19.4 Å². The molecule has 4 heteroatoms. The molecule has 1 saturated heterocycles. The lowest BCUT2D eigenvalue weighted by molar-refractivity contribution is 0.481. The van der Waals surface area contributed by atoms with Crippen molar-refractivity contribution in [3.05, 3.63) is 41.3 Å². The molecule has 1 aliphatic rings. The van der Waals surface area contributed by atoms with Gasteiger partial charge in [-0.2, -0.15) is 0 Å². The third-order valence-electron chi connectivity index (χ3n) is 3.80. The average Bonchev–Trinajstić information content (AvgIpc) is 3.08. The van der Waals surface area contributed by atoms with Crippen molar-refractivity contribution < 1.29 is 0 Å². The number of benzene rings is 1. The second-order valence-electron chi connectivity index (χ2n) is 5.10. The van der Waals surface area contributed by atoms with E-state index in [1.807, 2.05) is 18.6 Å². The Bertz CT molecular complexity index is 544. The summed E-state index contributed by atoms with van der Waals surface area (Å²) in [7, 11) is 0. The van der Waals surface area contributed by atoms with Crippen molar-refractivity contribution in [1.82, 2.24) is 14.9 Å². The van der Waals surface area contributed by atoms with Crippen LogP contribution in [0.1, 0.15) is 12.8 Å². The van der Waals surface area contributed by atoms with E-state index in [0.717, 1.165) is 16.9 Å². The Balaban J connectivity index is 1.76. The maximum absolute atomic E-state index is 4.31. The Kier molecular flexibility index (Phi) is 3.99. The SMILES string of the molecule is Brc1ccccc1-c1cncn1CCC1CCNC1. The number of imidazole rings is 1. The number of halogens is 1. The molecule has 3 rings (SSSR count). The smallest absolute Gasteiger partial charge is 0.0950 e. The van der Waals surface area contributed by atoms with Crippen molar-refractivity contribution in [3.63, 3.8) is 0 Å². The van der Waals surface area contributed by atoms with Crippen LogP contribution in [0.15, 0.2) is 41.3 Å². The molecule has 3 nitrogen and oxygen atoms in total. The van der Waals surface area contributed by atoms with Crippen LogP contribution >= 0.6 is 15.9 Å². The molecule has 1 aliphatic heterocycles. The van der Waals surface area contributed by atoms with E-state index in [1.54, 1.807) is 0 Å². The van der Waals surface area contributed by atoms with E-state index < -0.39 is 0 Å². The lowest BCUT2D eigenvalue weighted by Gasteiger charge is -2.12. The Morgan fingerprint density at radius 3 is 3.05 bits per heavy atom. The normalized spacial score (nSPS) is 18.9. The molecule has 1 N–H and O–H groups in total. The fourth-order valence-corrected chi connectivity index (χ4v) is 3.16. The molecule has 19 heavy (non-hydrogen) atoms. The predicted octanol–water partition coefficient (Wildman–Crippen LogP) is 3.31. The molecule has 1 aromatic heterocycles. The van der Waals surface area contributed by atoms with E-state index in [9.17, 15) is 0 Å². The number of hydrogen-bond donors (Lipinski definition) is 1. The standard InChI is InChI=1S/C15H18BrN3/c16-14-4-2-1-3-13(14)15-10-18-11-19(15)8-6-12-5-7-17-9-12/h1-4,10-12,17H,5-9H2. The van der Waals surface area contributed by atoms with E-state index in [4.69, 9.17) is 0 Å². The lowest BCUT2D eigenvalue weighted by atomic mass is 10.1. The molecule has 2 aromatic rings. The van der Waals surface area contributed by atoms with E-state index in [0.29, 0.717) is 0 Å². The highest BCUT2D eigenvalue weighted by Gasteiger charge is 2.15. The highest BCUT2D eigenvalue weighted by Crippen LogP contribution is 2.28. The zero-order valence-corrected chi connectivity index (χ0v) is 12.4. The summed E-state index contributed by atoms with van der Waals surface area (Å²) in [6, 6.07) is 8.32. The third-order valence-corrected chi connectivity index (χ3v) is 4.49.